The number of hydrogen-bond donors (Lipinski definition) is 2. The van der Waals surface area contributed by atoms with Gasteiger partial charge in [-0.15, -0.1) is 0 Å². The summed E-state index contributed by atoms with van der Waals surface area (Å²) in [6.07, 6.45) is 0.829. The first-order valence-electron chi connectivity index (χ1n) is 6.93. The molecule has 0 saturated carbocycles. The molecule has 21 heavy (non-hydrogen) atoms. The second-order valence-corrected chi connectivity index (χ2v) is 6.13. The summed E-state index contributed by atoms with van der Waals surface area (Å²) < 4.78 is 1.06. The Morgan fingerprint density at radius 1 is 1.05 bits per heavy atom. The van der Waals surface area contributed by atoms with Crippen LogP contribution in [0.4, 0.5) is 0 Å². The van der Waals surface area contributed by atoms with Gasteiger partial charge in [0.25, 0.3) is 0 Å². The average molecular weight is 350 g/mol. The molecule has 2 aromatic rings. The number of benzene rings is 2. The van der Waals surface area contributed by atoms with Crippen LogP contribution in [0.1, 0.15) is 16.7 Å². The zero-order chi connectivity index (χ0) is 15.2. The highest BCUT2D eigenvalue weighted by molar-refractivity contribution is 9.10. The molecule has 0 amide bonds. The highest BCUT2D eigenvalue weighted by Gasteiger charge is 2.07. The van der Waals surface area contributed by atoms with Crippen molar-refractivity contribution < 1.29 is 10.2 Å². The molecule has 0 radical (unpaired) electrons. The van der Waals surface area contributed by atoms with Crippen LogP contribution in [0.25, 0.3) is 0 Å². The van der Waals surface area contributed by atoms with E-state index < -0.39 is 0 Å². The van der Waals surface area contributed by atoms with Crippen molar-refractivity contribution in [2.45, 2.75) is 13.0 Å². The van der Waals surface area contributed by atoms with Gasteiger partial charge in [0, 0.05) is 17.6 Å². The summed E-state index contributed by atoms with van der Waals surface area (Å²) in [6, 6.07) is 13.6. The van der Waals surface area contributed by atoms with Crippen LogP contribution in [-0.4, -0.2) is 35.3 Å². The van der Waals surface area contributed by atoms with Crippen molar-refractivity contribution >= 4 is 15.9 Å². The monoisotopic (exact) mass is 349 g/mol. The summed E-state index contributed by atoms with van der Waals surface area (Å²) >= 11 is 3.52. The first kappa shape index (κ1) is 16.0. The molecule has 4 heteroatoms. The predicted molar refractivity (Wildman–Crippen MR) is 88.5 cm³/mol. The lowest BCUT2D eigenvalue weighted by molar-refractivity contribution is 0.217. The molecular formula is C17H20BrNO2. The van der Waals surface area contributed by atoms with Crippen molar-refractivity contribution in [2.24, 2.45) is 0 Å². The predicted octanol–water partition coefficient (Wildman–Crippen LogP) is 3.17. The van der Waals surface area contributed by atoms with Gasteiger partial charge in [-0.05, 0) is 54.4 Å². The molecule has 0 aromatic heterocycles. The van der Waals surface area contributed by atoms with Crippen LogP contribution in [0.2, 0.25) is 0 Å². The third-order valence-electron chi connectivity index (χ3n) is 3.42. The minimum Gasteiger partial charge on any atom is -0.508 e. The molecule has 0 fully saturated rings. The first-order chi connectivity index (χ1) is 10.1. The SMILES string of the molecule is CN(CCO)Cc1cc(Br)ccc1Cc1ccc(O)cc1. The van der Waals surface area contributed by atoms with Crippen molar-refractivity contribution in [3.63, 3.8) is 0 Å². The lowest BCUT2D eigenvalue weighted by atomic mass is 9.99. The van der Waals surface area contributed by atoms with Crippen molar-refractivity contribution in [3.8, 4) is 5.75 Å². The molecule has 3 nitrogen and oxygen atoms in total. The van der Waals surface area contributed by atoms with Crippen LogP contribution in [0.5, 0.6) is 5.75 Å². The fourth-order valence-electron chi connectivity index (χ4n) is 2.29. The van der Waals surface area contributed by atoms with Gasteiger partial charge in [-0.1, -0.05) is 34.1 Å². The van der Waals surface area contributed by atoms with Gasteiger partial charge < -0.3 is 10.2 Å². The van der Waals surface area contributed by atoms with Crippen LogP contribution >= 0.6 is 15.9 Å². The fraction of sp³-hybridized carbons (Fsp3) is 0.294. The van der Waals surface area contributed by atoms with E-state index >= 15 is 0 Å². The molecule has 0 unspecified atom stereocenters. The van der Waals surface area contributed by atoms with E-state index in [0.717, 1.165) is 17.4 Å². The Hall–Kier alpha value is -1.36. The number of likely N-dealkylation sites (N-methyl/N-ethyl adjacent to an activating group) is 1. The van der Waals surface area contributed by atoms with E-state index in [1.807, 2.05) is 25.2 Å². The molecule has 2 rings (SSSR count). The Kier molecular flexibility index (Phi) is 5.79. The number of aliphatic hydroxyl groups is 1. The van der Waals surface area contributed by atoms with Gasteiger partial charge in [-0.2, -0.15) is 0 Å². The van der Waals surface area contributed by atoms with Gasteiger partial charge >= 0.3 is 0 Å². The van der Waals surface area contributed by atoms with Crippen LogP contribution in [-0.2, 0) is 13.0 Å². The largest absolute Gasteiger partial charge is 0.508 e. The molecule has 2 N–H and O–H groups in total. The summed E-state index contributed by atoms with van der Waals surface area (Å²) in [5.74, 6) is 0.289. The molecule has 112 valence electrons. The summed E-state index contributed by atoms with van der Waals surface area (Å²) in [5.41, 5.74) is 3.67. The van der Waals surface area contributed by atoms with Gasteiger partial charge in [-0.3, -0.25) is 4.90 Å². The minimum atomic E-state index is 0.164. The number of phenols is 1. The van der Waals surface area contributed by atoms with Crippen molar-refractivity contribution in [3.05, 3.63) is 63.6 Å². The molecule has 0 aliphatic carbocycles. The topological polar surface area (TPSA) is 43.7 Å². The zero-order valence-corrected chi connectivity index (χ0v) is 13.7. The van der Waals surface area contributed by atoms with E-state index in [-0.39, 0.29) is 12.4 Å². The van der Waals surface area contributed by atoms with Gasteiger partial charge in [0.1, 0.15) is 5.75 Å². The molecule has 0 heterocycles. The Bertz CT molecular complexity index is 584. The van der Waals surface area contributed by atoms with Gasteiger partial charge in [0.15, 0.2) is 0 Å². The van der Waals surface area contributed by atoms with E-state index in [4.69, 9.17) is 5.11 Å². The molecule has 0 bridgehead atoms. The zero-order valence-electron chi connectivity index (χ0n) is 12.1. The van der Waals surface area contributed by atoms with Gasteiger partial charge in [-0.25, -0.2) is 0 Å². The normalized spacial score (nSPS) is 11.0. The number of aromatic hydroxyl groups is 1. The maximum Gasteiger partial charge on any atom is 0.115 e. The number of hydrogen-bond acceptors (Lipinski definition) is 3. The Labute approximate surface area is 134 Å². The number of aliphatic hydroxyl groups excluding tert-OH is 1. The number of nitrogens with zero attached hydrogens (tertiary/aromatic N) is 1. The number of halogens is 1. The Morgan fingerprint density at radius 2 is 1.76 bits per heavy atom. The summed E-state index contributed by atoms with van der Waals surface area (Å²) in [5, 5.41) is 18.4. The lowest BCUT2D eigenvalue weighted by Gasteiger charge is -2.18. The van der Waals surface area contributed by atoms with Crippen LogP contribution < -0.4 is 0 Å². The van der Waals surface area contributed by atoms with Gasteiger partial charge in [0.2, 0.25) is 0 Å². The Morgan fingerprint density at radius 3 is 2.43 bits per heavy atom. The summed E-state index contributed by atoms with van der Waals surface area (Å²) in [6.45, 7) is 1.62. The lowest BCUT2D eigenvalue weighted by Crippen LogP contribution is -2.22. The number of rotatable bonds is 6. The Balaban J connectivity index is 2.19. The smallest absolute Gasteiger partial charge is 0.115 e. The van der Waals surface area contributed by atoms with Crippen LogP contribution in [0.3, 0.4) is 0 Å². The second-order valence-electron chi connectivity index (χ2n) is 5.22. The number of phenolic OH excluding ortho intramolecular Hbond substituents is 1. The van der Waals surface area contributed by atoms with Gasteiger partial charge in [0.05, 0.1) is 6.61 Å². The molecule has 0 saturated heterocycles. The molecule has 0 aliphatic heterocycles. The van der Waals surface area contributed by atoms with E-state index in [9.17, 15) is 5.11 Å². The molecule has 0 spiro atoms. The third kappa shape index (κ3) is 4.84. The van der Waals surface area contributed by atoms with Crippen molar-refractivity contribution in [2.75, 3.05) is 20.2 Å². The van der Waals surface area contributed by atoms with E-state index in [1.54, 1.807) is 12.1 Å². The maximum absolute atomic E-state index is 9.36. The quantitative estimate of drug-likeness (QED) is 0.841. The van der Waals surface area contributed by atoms with E-state index in [2.05, 4.69) is 33.0 Å². The minimum absolute atomic E-state index is 0.164. The standard InChI is InChI=1S/C17H20BrNO2/c1-19(8-9-20)12-15-11-16(18)5-4-14(15)10-13-2-6-17(21)7-3-13/h2-7,11,20-21H,8-10,12H2,1H3. The summed E-state index contributed by atoms with van der Waals surface area (Å²) in [7, 11) is 2.00. The first-order valence-corrected chi connectivity index (χ1v) is 7.72. The molecular weight excluding hydrogens is 330 g/mol. The maximum atomic E-state index is 9.36. The van der Waals surface area contributed by atoms with Crippen LogP contribution in [0, 0.1) is 0 Å². The molecule has 0 atom stereocenters. The second kappa shape index (κ2) is 7.59. The average Bonchev–Trinajstić information content (AvgIpc) is 2.44. The highest BCUT2D eigenvalue weighted by Crippen LogP contribution is 2.22. The van der Waals surface area contributed by atoms with Crippen molar-refractivity contribution in [1.29, 1.82) is 0 Å². The van der Waals surface area contributed by atoms with E-state index in [1.165, 1.54) is 16.7 Å². The fourth-order valence-corrected chi connectivity index (χ4v) is 2.70. The third-order valence-corrected chi connectivity index (χ3v) is 3.91. The highest BCUT2D eigenvalue weighted by atomic mass is 79.9. The molecule has 2 aromatic carbocycles. The van der Waals surface area contributed by atoms with Crippen LogP contribution in [0.15, 0.2) is 46.9 Å². The van der Waals surface area contributed by atoms with Crippen molar-refractivity contribution in [1.82, 2.24) is 4.90 Å². The molecule has 0 aliphatic rings. The van der Waals surface area contributed by atoms with E-state index in [0.29, 0.717) is 6.54 Å². The summed E-state index contributed by atoms with van der Waals surface area (Å²) in [4.78, 5) is 2.10.